The van der Waals surface area contributed by atoms with Gasteiger partial charge in [-0.2, -0.15) is 0 Å². The molecule has 2 rings (SSSR count). The van der Waals surface area contributed by atoms with Gasteiger partial charge in [-0.05, 0) is 75.4 Å². The molecule has 0 aliphatic rings. The topological polar surface area (TPSA) is 54.9 Å². The summed E-state index contributed by atoms with van der Waals surface area (Å²) in [4.78, 5) is 21.3. The van der Waals surface area contributed by atoms with Gasteiger partial charge in [0, 0.05) is 21.3 Å². The number of halogens is 2. The Hall–Kier alpha value is -1.27. The lowest BCUT2D eigenvalue weighted by molar-refractivity contribution is -0.117. The fraction of sp³-hybridized carbons (Fsp3) is 0.353. The largest absolute Gasteiger partial charge is 0.310 e. The van der Waals surface area contributed by atoms with Gasteiger partial charge in [0.1, 0.15) is 5.82 Å². The number of carbonyl (C=O) groups excluding carboxylic acids is 1. The van der Waals surface area contributed by atoms with Crippen LogP contribution in [-0.2, 0) is 4.79 Å². The molecule has 23 heavy (non-hydrogen) atoms. The number of hydrogen-bond acceptors (Lipinski definition) is 3. The lowest BCUT2D eigenvalue weighted by atomic mass is 9.95. The van der Waals surface area contributed by atoms with E-state index in [1.807, 2.05) is 26.0 Å². The van der Waals surface area contributed by atoms with E-state index in [2.05, 4.69) is 54.1 Å². The molecular formula is C17H19Br2N3O. The molecule has 1 amide bonds. The summed E-state index contributed by atoms with van der Waals surface area (Å²) in [7, 11) is 0. The number of anilines is 1. The van der Waals surface area contributed by atoms with Crippen molar-refractivity contribution in [2.24, 2.45) is 0 Å². The fourth-order valence-electron chi connectivity index (χ4n) is 2.45. The van der Waals surface area contributed by atoms with Gasteiger partial charge in [0.2, 0.25) is 5.91 Å². The van der Waals surface area contributed by atoms with Crippen LogP contribution < -0.4 is 5.32 Å². The zero-order valence-electron chi connectivity index (χ0n) is 13.4. The molecule has 1 unspecified atom stereocenters. The van der Waals surface area contributed by atoms with Crippen molar-refractivity contribution in [1.29, 1.82) is 0 Å². The maximum absolute atomic E-state index is 12.7. The first-order valence-corrected chi connectivity index (χ1v) is 9.06. The Kier molecular flexibility index (Phi) is 6.30. The molecule has 6 heteroatoms. The highest BCUT2D eigenvalue weighted by Gasteiger charge is 2.21. The maximum atomic E-state index is 12.7. The summed E-state index contributed by atoms with van der Waals surface area (Å²) < 4.78 is 1.84. The second-order valence-electron chi connectivity index (χ2n) is 5.49. The Morgan fingerprint density at radius 1 is 1.26 bits per heavy atom. The zero-order chi connectivity index (χ0) is 17.0. The molecule has 2 heterocycles. The molecule has 0 bridgehead atoms. The molecular weight excluding hydrogens is 422 g/mol. The van der Waals surface area contributed by atoms with Gasteiger partial charge in [0.15, 0.2) is 0 Å². The third-order valence-corrected chi connectivity index (χ3v) is 5.21. The molecule has 0 spiro atoms. The first-order valence-electron chi connectivity index (χ1n) is 7.47. The summed E-state index contributed by atoms with van der Waals surface area (Å²) in [6.07, 6.45) is 5.14. The Morgan fingerprint density at radius 2 is 2.00 bits per heavy atom. The molecule has 0 aliphatic heterocycles. The van der Waals surface area contributed by atoms with Crippen molar-refractivity contribution in [2.75, 3.05) is 5.32 Å². The van der Waals surface area contributed by atoms with Crippen molar-refractivity contribution in [3.63, 3.8) is 0 Å². The molecule has 0 aliphatic carbocycles. The number of carbonyl (C=O) groups is 1. The normalized spacial score (nSPS) is 12.0. The van der Waals surface area contributed by atoms with E-state index in [4.69, 9.17) is 0 Å². The number of nitrogens with one attached hydrogen (secondary N) is 1. The number of nitrogens with zero attached hydrogens (tertiary/aromatic N) is 2. The fourth-order valence-corrected chi connectivity index (χ4v) is 3.04. The third kappa shape index (κ3) is 4.61. The van der Waals surface area contributed by atoms with Crippen molar-refractivity contribution in [3.05, 3.63) is 50.3 Å². The summed E-state index contributed by atoms with van der Waals surface area (Å²) in [5.41, 5.74) is 2.81. The van der Waals surface area contributed by atoms with Gasteiger partial charge in [-0.15, -0.1) is 0 Å². The monoisotopic (exact) mass is 439 g/mol. The first kappa shape index (κ1) is 18.1. The van der Waals surface area contributed by atoms with Crippen LogP contribution in [0.2, 0.25) is 0 Å². The SMILES string of the molecule is CCCC(C(=O)Nc1cc(C)c(Br)c(C)n1)c1cncc(Br)c1. The number of amides is 1. The van der Waals surface area contributed by atoms with Gasteiger partial charge in [-0.1, -0.05) is 13.3 Å². The quantitative estimate of drug-likeness (QED) is 0.700. The Labute approximate surface area is 153 Å². The smallest absolute Gasteiger partial charge is 0.233 e. The number of rotatable bonds is 5. The van der Waals surface area contributed by atoms with Crippen LogP contribution in [0.25, 0.3) is 0 Å². The van der Waals surface area contributed by atoms with Gasteiger partial charge >= 0.3 is 0 Å². The molecule has 0 aromatic carbocycles. The Balaban J connectivity index is 2.25. The second kappa shape index (κ2) is 8.02. The summed E-state index contributed by atoms with van der Waals surface area (Å²) in [6.45, 7) is 5.96. The van der Waals surface area contributed by atoms with Gasteiger partial charge in [0.05, 0.1) is 11.6 Å². The number of aromatic nitrogens is 2. The minimum absolute atomic E-state index is 0.0552. The zero-order valence-corrected chi connectivity index (χ0v) is 16.5. The van der Waals surface area contributed by atoms with E-state index in [9.17, 15) is 4.79 Å². The summed E-state index contributed by atoms with van der Waals surface area (Å²) in [5.74, 6) is 0.286. The van der Waals surface area contributed by atoms with Crippen molar-refractivity contribution in [1.82, 2.24) is 9.97 Å². The Bertz CT molecular complexity index is 696. The lowest BCUT2D eigenvalue weighted by Crippen LogP contribution is -2.22. The lowest BCUT2D eigenvalue weighted by Gasteiger charge is -2.17. The highest BCUT2D eigenvalue weighted by atomic mass is 79.9. The minimum atomic E-state index is -0.240. The molecule has 1 atom stereocenters. The third-order valence-electron chi connectivity index (χ3n) is 3.58. The predicted octanol–water partition coefficient (Wildman–Crippen LogP) is 5.14. The molecule has 0 saturated heterocycles. The average Bonchev–Trinajstić information content (AvgIpc) is 2.50. The number of aryl methyl sites for hydroxylation is 2. The van der Waals surface area contributed by atoms with Crippen LogP contribution in [0.3, 0.4) is 0 Å². The predicted molar refractivity (Wildman–Crippen MR) is 99.6 cm³/mol. The molecule has 2 aromatic heterocycles. The molecule has 4 nitrogen and oxygen atoms in total. The summed E-state index contributed by atoms with van der Waals surface area (Å²) in [6, 6.07) is 3.82. The summed E-state index contributed by atoms with van der Waals surface area (Å²) in [5, 5.41) is 2.94. The van der Waals surface area contributed by atoms with Gasteiger partial charge < -0.3 is 5.32 Å². The number of pyridine rings is 2. The van der Waals surface area contributed by atoms with E-state index in [1.54, 1.807) is 12.4 Å². The van der Waals surface area contributed by atoms with Gasteiger partial charge in [-0.25, -0.2) is 4.98 Å². The van der Waals surface area contributed by atoms with Crippen molar-refractivity contribution >= 4 is 43.6 Å². The second-order valence-corrected chi connectivity index (χ2v) is 7.20. The maximum Gasteiger partial charge on any atom is 0.233 e. The van der Waals surface area contributed by atoms with Crippen LogP contribution in [0.15, 0.2) is 33.5 Å². The molecule has 122 valence electrons. The molecule has 0 radical (unpaired) electrons. The van der Waals surface area contributed by atoms with Crippen LogP contribution in [0, 0.1) is 13.8 Å². The highest BCUT2D eigenvalue weighted by molar-refractivity contribution is 9.10. The van der Waals surface area contributed by atoms with Crippen molar-refractivity contribution in [3.8, 4) is 0 Å². The van der Waals surface area contributed by atoms with Gasteiger partial charge in [-0.3, -0.25) is 9.78 Å². The highest BCUT2D eigenvalue weighted by Crippen LogP contribution is 2.26. The van der Waals surface area contributed by atoms with Gasteiger partial charge in [0.25, 0.3) is 0 Å². The van der Waals surface area contributed by atoms with E-state index in [0.717, 1.165) is 38.6 Å². The van der Waals surface area contributed by atoms with Crippen LogP contribution in [0.5, 0.6) is 0 Å². The number of hydrogen-bond donors (Lipinski definition) is 1. The van der Waals surface area contributed by atoms with E-state index in [0.29, 0.717) is 5.82 Å². The minimum Gasteiger partial charge on any atom is -0.310 e. The van der Waals surface area contributed by atoms with Crippen LogP contribution in [0.4, 0.5) is 5.82 Å². The van der Waals surface area contributed by atoms with Crippen LogP contribution >= 0.6 is 31.9 Å². The van der Waals surface area contributed by atoms with Crippen LogP contribution in [-0.4, -0.2) is 15.9 Å². The first-order chi connectivity index (χ1) is 10.9. The summed E-state index contributed by atoms with van der Waals surface area (Å²) >= 11 is 6.90. The molecule has 0 fully saturated rings. The van der Waals surface area contributed by atoms with Crippen LogP contribution in [0.1, 0.15) is 42.5 Å². The van der Waals surface area contributed by atoms with Crippen molar-refractivity contribution < 1.29 is 4.79 Å². The standard InChI is InChI=1S/C17H19Br2N3O/c1-4-5-14(12-7-13(18)9-20-8-12)17(23)22-15-6-10(2)16(19)11(3)21-15/h6-9,14H,4-5H2,1-3H3,(H,21,22,23). The van der Waals surface area contributed by atoms with Crippen molar-refractivity contribution in [2.45, 2.75) is 39.5 Å². The van der Waals surface area contributed by atoms with E-state index in [-0.39, 0.29) is 11.8 Å². The molecule has 1 N–H and O–H groups in total. The Morgan fingerprint density at radius 3 is 2.61 bits per heavy atom. The van der Waals surface area contributed by atoms with E-state index >= 15 is 0 Å². The van der Waals surface area contributed by atoms with E-state index < -0.39 is 0 Å². The van der Waals surface area contributed by atoms with E-state index in [1.165, 1.54) is 0 Å². The molecule has 2 aromatic rings. The molecule has 0 saturated carbocycles. The average molecular weight is 441 g/mol.